The Morgan fingerprint density at radius 3 is 2.17 bits per heavy atom. The number of rotatable bonds is 3. The lowest BCUT2D eigenvalue weighted by Gasteiger charge is -2.20. The van der Waals surface area contributed by atoms with Gasteiger partial charge in [0.25, 0.3) is 0 Å². The van der Waals surface area contributed by atoms with Gasteiger partial charge in [-0.05, 0) is 25.0 Å². The number of halogens is 3. The van der Waals surface area contributed by atoms with Crippen molar-refractivity contribution >= 4 is 0 Å². The van der Waals surface area contributed by atoms with Crippen molar-refractivity contribution in [3.05, 3.63) is 23.3 Å². The van der Waals surface area contributed by atoms with Crippen LogP contribution in [0.4, 0.5) is 13.2 Å². The molecule has 1 aromatic rings. The molecule has 1 aliphatic rings. The quantitative estimate of drug-likeness (QED) is 0.910. The molecule has 3 nitrogen and oxygen atoms in total. The zero-order valence-corrected chi connectivity index (χ0v) is 9.97. The Morgan fingerprint density at radius 1 is 1.17 bits per heavy atom. The summed E-state index contributed by atoms with van der Waals surface area (Å²) in [6.07, 6.45) is -3.71. The van der Waals surface area contributed by atoms with Gasteiger partial charge in [-0.15, -0.1) is 0 Å². The van der Waals surface area contributed by atoms with Gasteiger partial charge in [-0.1, -0.05) is 0 Å². The first-order valence-electron chi connectivity index (χ1n) is 5.38. The number of methoxy groups -OCH3 is 2. The molecule has 0 unspecified atom stereocenters. The summed E-state index contributed by atoms with van der Waals surface area (Å²) in [5.74, 6) is -0.276. The molecule has 2 rings (SSSR count). The second-order valence-electron chi connectivity index (χ2n) is 4.29. The maximum absolute atomic E-state index is 12.9. The normalized spacial score (nSPS) is 17.4. The number of hydrogen-bond donors (Lipinski definition) is 1. The molecule has 0 atom stereocenters. The Bertz CT molecular complexity index is 438. The minimum absolute atomic E-state index is 0.0541. The molecular weight excluding hydrogens is 249 g/mol. The molecule has 1 fully saturated rings. The highest BCUT2D eigenvalue weighted by atomic mass is 19.4. The maximum atomic E-state index is 12.9. The van der Waals surface area contributed by atoms with Crippen molar-refractivity contribution in [1.82, 2.24) is 0 Å². The number of alkyl halides is 3. The first kappa shape index (κ1) is 13.0. The predicted molar refractivity (Wildman–Crippen MR) is 57.7 cm³/mol. The third-order valence-corrected chi connectivity index (χ3v) is 3.03. The van der Waals surface area contributed by atoms with E-state index in [1.54, 1.807) is 0 Å². The van der Waals surface area contributed by atoms with Crippen molar-refractivity contribution in [3.8, 4) is 11.5 Å². The van der Waals surface area contributed by atoms with Gasteiger partial charge < -0.3 is 14.6 Å². The van der Waals surface area contributed by atoms with Crippen LogP contribution in [-0.4, -0.2) is 19.3 Å². The van der Waals surface area contributed by atoms with Crippen LogP contribution in [0.1, 0.15) is 24.0 Å². The summed E-state index contributed by atoms with van der Waals surface area (Å²) in [7, 11) is 2.44. The summed E-state index contributed by atoms with van der Waals surface area (Å²) >= 11 is 0. The van der Waals surface area contributed by atoms with E-state index in [9.17, 15) is 18.3 Å². The van der Waals surface area contributed by atoms with E-state index in [-0.39, 0.29) is 17.1 Å². The lowest BCUT2D eigenvalue weighted by Crippen LogP contribution is -2.14. The van der Waals surface area contributed by atoms with E-state index in [1.165, 1.54) is 13.2 Å². The summed E-state index contributed by atoms with van der Waals surface area (Å²) in [6.45, 7) is 0. The molecule has 0 aromatic heterocycles. The zero-order chi connectivity index (χ0) is 13.6. The van der Waals surface area contributed by atoms with Gasteiger partial charge in [-0.25, -0.2) is 0 Å². The predicted octanol–water partition coefficient (Wildman–Crippen LogP) is 2.70. The molecule has 0 amide bonds. The monoisotopic (exact) mass is 262 g/mol. The Balaban J connectivity index is 2.65. The van der Waals surface area contributed by atoms with Crippen molar-refractivity contribution in [2.45, 2.75) is 24.6 Å². The largest absolute Gasteiger partial charge is 0.497 e. The van der Waals surface area contributed by atoms with E-state index < -0.39 is 17.3 Å². The summed E-state index contributed by atoms with van der Waals surface area (Å²) in [5.41, 5.74) is -2.02. The molecular formula is C12H13F3O3. The summed E-state index contributed by atoms with van der Waals surface area (Å²) in [5, 5.41) is 10.0. The first-order valence-corrected chi connectivity index (χ1v) is 5.38. The van der Waals surface area contributed by atoms with Crippen molar-refractivity contribution in [1.29, 1.82) is 0 Å². The molecule has 0 radical (unpaired) electrons. The second kappa shape index (κ2) is 4.05. The molecule has 1 aliphatic carbocycles. The van der Waals surface area contributed by atoms with E-state index in [0.29, 0.717) is 12.8 Å². The number of aliphatic hydroxyl groups is 1. The minimum atomic E-state index is -4.56. The third kappa shape index (κ3) is 2.12. The highest BCUT2D eigenvalue weighted by Gasteiger charge is 2.47. The van der Waals surface area contributed by atoms with Crippen molar-refractivity contribution in [2.24, 2.45) is 0 Å². The topological polar surface area (TPSA) is 38.7 Å². The maximum Gasteiger partial charge on any atom is 0.420 e. The summed E-state index contributed by atoms with van der Waals surface area (Å²) in [6, 6.07) is 2.26. The van der Waals surface area contributed by atoms with Crippen molar-refractivity contribution in [3.63, 3.8) is 0 Å². The molecule has 1 aromatic carbocycles. The van der Waals surface area contributed by atoms with E-state index in [2.05, 4.69) is 0 Å². The average molecular weight is 262 g/mol. The van der Waals surface area contributed by atoms with Crippen LogP contribution in [0.3, 0.4) is 0 Å². The van der Waals surface area contributed by atoms with Crippen LogP contribution in [0.2, 0.25) is 0 Å². The molecule has 0 spiro atoms. The highest BCUT2D eigenvalue weighted by molar-refractivity contribution is 5.52. The van der Waals surface area contributed by atoms with Gasteiger partial charge in [0.15, 0.2) is 0 Å². The van der Waals surface area contributed by atoms with Crippen LogP contribution in [-0.2, 0) is 11.8 Å². The Morgan fingerprint density at radius 2 is 1.78 bits per heavy atom. The van der Waals surface area contributed by atoms with Gasteiger partial charge in [-0.3, -0.25) is 0 Å². The first-order chi connectivity index (χ1) is 8.31. The molecule has 0 saturated heterocycles. The van der Waals surface area contributed by atoms with Gasteiger partial charge in [0.2, 0.25) is 0 Å². The Hall–Kier alpha value is -1.43. The van der Waals surface area contributed by atoms with Gasteiger partial charge in [0.1, 0.15) is 17.1 Å². The SMILES string of the molecule is COc1cc(C(F)(F)F)c(OC)c(C2(O)CC2)c1. The average Bonchev–Trinajstić information content (AvgIpc) is 3.05. The number of ether oxygens (including phenoxy) is 2. The van der Waals surface area contributed by atoms with Crippen LogP contribution < -0.4 is 9.47 Å². The fourth-order valence-electron chi connectivity index (χ4n) is 1.88. The summed E-state index contributed by atoms with van der Waals surface area (Å²) < 4.78 is 48.4. The molecule has 1 N–H and O–H groups in total. The zero-order valence-electron chi connectivity index (χ0n) is 9.97. The standard InChI is InChI=1S/C12H13F3O3/c1-17-7-5-8(11(16)3-4-11)10(18-2)9(6-7)12(13,14)15/h5-6,16H,3-4H2,1-2H3. The molecule has 0 heterocycles. The number of hydrogen-bond acceptors (Lipinski definition) is 3. The third-order valence-electron chi connectivity index (χ3n) is 3.03. The fourth-order valence-corrected chi connectivity index (χ4v) is 1.88. The smallest absolute Gasteiger partial charge is 0.420 e. The van der Waals surface area contributed by atoms with E-state index in [4.69, 9.17) is 9.47 Å². The van der Waals surface area contributed by atoms with Gasteiger partial charge in [-0.2, -0.15) is 13.2 Å². The number of benzene rings is 1. The molecule has 1 saturated carbocycles. The van der Waals surface area contributed by atoms with Crippen molar-refractivity contribution < 1.29 is 27.8 Å². The van der Waals surface area contributed by atoms with Gasteiger partial charge in [0, 0.05) is 5.56 Å². The summed E-state index contributed by atoms with van der Waals surface area (Å²) in [4.78, 5) is 0. The van der Waals surface area contributed by atoms with Crippen molar-refractivity contribution in [2.75, 3.05) is 14.2 Å². The molecule has 0 bridgehead atoms. The van der Waals surface area contributed by atoms with E-state index in [1.807, 2.05) is 0 Å². The van der Waals surface area contributed by atoms with Crippen LogP contribution >= 0.6 is 0 Å². The van der Waals surface area contributed by atoms with Crippen LogP contribution in [0.25, 0.3) is 0 Å². The lowest BCUT2D eigenvalue weighted by molar-refractivity contribution is -0.139. The Kier molecular flexibility index (Phi) is 2.93. The lowest BCUT2D eigenvalue weighted by atomic mass is 10.0. The minimum Gasteiger partial charge on any atom is -0.497 e. The van der Waals surface area contributed by atoms with Gasteiger partial charge in [0.05, 0.1) is 19.8 Å². The second-order valence-corrected chi connectivity index (χ2v) is 4.29. The molecule has 6 heteroatoms. The molecule has 18 heavy (non-hydrogen) atoms. The van der Waals surface area contributed by atoms with Crippen LogP contribution in [0, 0.1) is 0 Å². The molecule has 100 valence electrons. The fraction of sp³-hybridized carbons (Fsp3) is 0.500. The van der Waals surface area contributed by atoms with Crippen LogP contribution in [0.5, 0.6) is 11.5 Å². The highest BCUT2D eigenvalue weighted by Crippen LogP contribution is 2.52. The Labute approximate surface area is 102 Å². The van der Waals surface area contributed by atoms with Crippen LogP contribution in [0.15, 0.2) is 12.1 Å². The van der Waals surface area contributed by atoms with E-state index in [0.717, 1.165) is 13.2 Å². The molecule has 0 aliphatic heterocycles. The van der Waals surface area contributed by atoms with E-state index >= 15 is 0 Å². The van der Waals surface area contributed by atoms with Gasteiger partial charge >= 0.3 is 6.18 Å².